The van der Waals surface area contributed by atoms with Crippen molar-refractivity contribution in [2.75, 3.05) is 13.7 Å². The van der Waals surface area contributed by atoms with Gasteiger partial charge in [-0.15, -0.1) is 10.2 Å². The minimum Gasteiger partial charge on any atom is -0.462 e. The van der Waals surface area contributed by atoms with Gasteiger partial charge in [0.05, 0.1) is 18.4 Å². The molecule has 0 atom stereocenters. The Hall–Kier alpha value is -2.77. The van der Waals surface area contributed by atoms with Crippen LogP contribution < -0.4 is 5.32 Å². The van der Waals surface area contributed by atoms with E-state index in [2.05, 4.69) is 20.6 Å². The van der Waals surface area contributed by atoms with Crippen LogP contribution in [0.25, 0.3) is 5.82 Å². The van der Waals surface area contributed by atoms with Crippen molar-refractivity contribution in [3.63, 3.8) is 0 Å². The third kappa shape index (κ3) is 2.79. The van der Waals surface area contributed by atoms with Crippen molar-refractivity contribution in [3.05, 3.63) is 35.8 Å². The first-order chi connectivity index (χ1) is 9.65. The highest BCUT2D eigenvalue weighted by atomic mass is 16.5. The van der Waals surface area contributed by atoms with Gasteiger partial charge in [0, 0.05) is 13.2 Å². The SMILES string of the molecule is CCOC(=O)c1cnn(-c2ccc(C(=O)NC)nn2)c1. The van der Waals surface area contributed by atoms with Gasteiger partial charge in [0.2, 0.25) is 0 Å². The molecule has 20 heavy (non-hydrogen) atoms. The lowest BCUT2D eigenvalue weighted by Crippen LogP contribution is -2.19. The fourth-order valence-electron chi connectivity index (χ4n) is 1.46. The number of amides is 1. The van der Waals surface area contributed by atoms with E-state index in [0.29, 0.717) is 18.0 Å². The Morgan fingerprint density at radius 1 is 1.35 bits per heavy atom. The fraction of sp³-hybridized carbons (Fsp3) is 0.250. The van der Waals surface area contributed by atoms with Gasteiger partial charge in [-0.3, -0.25) is 4.79 Å². The maximum atomic E-state index is 11.5. The highest BCUT2D eigenvalue weighted by molar-refractivity contribution is 5.91. The molecule has 0 aromatic carbocycles. The second-order valence-electron chi connectivity index (χ2n) is 3.75. The average Bonchev–Trinajstić information content (AvgIpc) is 2.97. The molecule has 0 unspecified atom stereocenters. The summed E-state index contributed by atoms with van der Waals surface area (Å²) in [5.74, 6) is -0.376. The zero-order valence-corrected chi connectivity index (χ0v) is 11.0. The van der Waals surface area contributed by atoms with Crippen LogP contribution in [0.4, 0.5) is 0 Å². The van der Waals surface area contributed by atoms with E-state index < -0.39 is 5.97 Å². The maximum absolute atomic E-state index is 11.5. The van der Waals surface area contributed by atoms with E-state index in [-0.39, 0.29) is 11.6 Å². The monoisotopic (exact) mass is 275 g/mol. The van der Waals surface area contributed by atoms with Crippen molar-refractivity contribution in [2.45, 2.75) is 6.92 Å². The number of hydrogen-bond donors (Lipinski definition) is 1. The molecule has 0 aliphatic rings. The number of nitrogens with zero attached hydrogens (tertiary/aromatic N) is 4. The Balaban J connectivity index is 2.20. The van der Waals surface area contributed by atoms with E-state index in [4.69, 9.17) is 4.74 Å². The van der Waals surface area contributed by atoms with Crippen LogP contribution in [0.3, 0.4) is 0 Å². The summed E-state index contributed by atoms with van der Waals surface area (Å²) in [7, 11) is 1.51. The number of hydrogen-bond acceptors (Lipinski definition) is 6. The summed E-state index contributed by atoms with van der Waals surface area (Å²) >= 11 is 0. The smallest absolute Gasteiger partial charge is 0.341 e. The van der Waals surface area contributed by atoms with Gasteiger partial charge >= 0.3 is 5.97 Å². The van der Waals surface area contributed by atoms with Crippen LogP contribution in [-0.4, -0.2) is 45.5 Å². The fourth-order valence-corrected chi connectivity index (χ4v) is 1.46. The van der Waals surface area contributed by atoms with Crippen LogP contribution in [0.5, 0.6) is 0 Å². The van der Waals surface area contributed by atoms with Crippen molar-refractivity contribution in [1.82, 2.24) is 25.3 Å². The minimum atomic E-state index is -0.450. The van der Waals surface area contributed by atoms with Gasteiger partial charge in [-0.2, -0.15) is 5.10 Å². The number of carbonyl (C=O) groups excluding carboxylic acids is 2. The van der Waals surface area contributed by atoms with E-state index in [1.54, 1.807) is 13.0 Å². The van der Waals surface area contributed by atoms with Gasteiger partial charge in [-0.25, -0.2) is 9.48 Å². The van der Waals surface area contributed by atoms with Crippen molar-refractivity contribution < 1.29 is 14.3 Å². The second-order valence-corrected chi connectivity index (χ2v) is 3.75. The summed E-state index contributed by atoms with van der Waals surface area (Å²) in [5, 5.41) is 14.1. The van der Waals surface area contributed by atoms with Crippen molar-refractivity contribution >= 4 is 11.9 Å². The normalized spacial score (nSPS) is 10.1. The summed E-state index contributed by atoms with van der Waals surface area (Å²) < 4.78 is 6.24. The van der Waals surface area contributed by atoms with Crippen LogP contribution in [0.15, 0.2) is 24.5 Å². The summed E-state index contributed by atoms with van der Waals surface area (Å²) in [6.07, 6.45) is 2.87. The predicted molar refractivity (Wildman–Crippen MR) is 68.5 cm³/mol. The predicted octanol–water partition coefficient (Wildman–Crippen LogP) is 0.199. The maximum Gasteiger partial charge on any atom is 0.341 e. The molecule has 2 aromatic heterocycles. The molecule has 0 fully saturated rings. The molecule has 0 aliphatic carbocycles. The quantitative estimate of drug-likeness (QED) is 0.800. The Morgan fingerprint density at radius 2 is 2.15 bits per heavy atom. The zero-order valence-electron chi connectivity index (χ0n) is 11.0. The molecule has 0 radical (unpaired) electrons. The topological polar surface area (TPSA) is 99.0 Å². The van der Waals surface area contributed by atoms with Crippen molar-refractivity contribution in [2.24, 2.45) is 0 Å². The number of aromatic nitrogens is 4. The number of esters is 1. The number of ether oxygens (including phenoxy) is 1. The Bertz CT molecular complexity index is 620. The molecule has 2 heterocycles. The van der Waals surface area contributed by atoms with E-state index >= 15 is 0 Å². The van der Waals surface area contributed by atoms with Crippen molar-refractivity contribution in [3.8, 4) is 5.82 Å². The summed E-state index contributed by atoms with van der Waals surface area (Å²) in [6.45, 7) is 2.02. The minimum absolute atomic E-state index is 0.203. The first-order valence-corrected chi connectivity index (χ1v) is 5.93. The van der Waals surface area contributed by atoms with E-state index in [1.165, 1.54) is 30.2 Å². The van der Waals surface area contributed by atoms with Crippen LogP contribution in [0.2, 0.25) is 0 Å². The molecule has 0 bridgehead atoms. The van der Waals surface area contributed by atoms with Crippen LogP contribution >= 0.6 is 0 Å². The highest BCUT2D eigenvalue weighted by Crippen LogP contribution is 2.06. The van der Waals surface area contributed by atoms with Gasteiger partial charge in [-0.1, -0.05) is 0 Å². The molecule has 1 N–H and O–H groups in total. The number of carbonyl (C=O) groups is 2. The first-order valence-electron chi connectivity index (χ1n) is 5.93. The van der Waals surface area contributed by atoms with Gasteiger partial charge < -0.3 is 10.1 Å². The summed E-state index contributed by atoms with van der Waals surface area (Å²) in [6, 6.07) is 3.10. The van der Waals surface area contributed by atoms with E-state index in [0.717, 1.165) is 0 Å². The van der Waals surface area contributed by atoms with Crippen molar-refractivity contribution in [1.29, 1.82) is 0 Å². The van der Waals surface area contributed by atoms with Gasteiger partial charge in [0.1, 0.15) is 0 Å². The second kappa shape index (κ2) is 5.91. The Labute approximate surface area is 114 Å². The Kier molecular flexibility index (Phi) is 4.04. The van der Waals surface area contributed by atoms with Crippen LogP contribution in [0, 0.1) is 0 Å². The number of rotatable bonds is 4. The molecule has 0 spiro atoms. The van der Waals surface area contributed by atoms with Gasteiger partial charge in [0.25, 0.3) is 5.91 Å². The highest BCUT2D eigenvalue weighted by Gasteiger charge is 2.11. The lowest BCUT2D eigenvalue weighted by atomic mass is 10.3. The largest absolute Gasteiger partial charge is 0.462 e. The molecule has 2 rings (SSSR count). The lowest BCUT2D eigenvalue weighted by molar-refractivity contribution is 0.0526. The lowest BCUT2D eigenvalue weighted by Gasteiger charge is -2.01. The van der Waals surface area contributed by atoms with Gasteiger partial charge in [0.15, 0.2) is 11.5 Å². The molecule has 8 nitrogen and oxygen atoms in total. The molecule has 0 aliphatic heterocycles. The first kappa shape index (κ1) is 13.7. The zero-order chi connectivity index (χ0) is 14.5. The molecule has 104 valence electrons. The molecular weight excluding hydrogens is 262 g/mol. The summed E-state index contributed by atoms with van der Waals surface area (Å²) in [5.41, 5.74) is 0.526. The third-order valence-electron chi connectivity index (χ3n) is 2.44. The molecule has 1 amide bonds. The molecule has 8 heteroatoms. The number of nitrogens with one attached hydrogen (secondary N) is 1. The van der Waals surface area contributed by atoms with Crippen LogP contribution in [-0.2, 0) is 4.74 Å². The Morgan fingerprint density at radius 3 is 2.75 bits per heavy atom. The third-order valence-corrected chi connectivity index (χ3v) is 2.44. The van der Waals surface area contributed by atoms with Gasteiger partial charge in [-0.05, 0) is 19.1 Å². The van der Waals surface area contributed by atoms with Crippen LogP contribution in [0.1, 0.15) is 27.8 Å². The molecular formula is C12H13N5O3. The average molecular weight is 275 g/mol. The van der Waals surface area contributed by atoms with E-state index in [1.807, 2.05) is 0 Å². The standard InChI is InChI=1S/C12H13N5O3/c1-3-20-12(19)8-6-14-17(7-8)10-5-4-9(15-16-10)11(18)13-2/h4-7H,3H2,1-2H3,(H,13,18). The molecule has 0 saturated heterocycles. The molecule has 2 aromatic rings. The molecule has 0 saturated carbocycles. The summed E-state index contributed by atoms with van der Waals surface area (Å²) in [4.78, 5) is 22.8. The van der Waals surface area contributed by atoms with E-state index in [9.17, 15) is 9.59 Å².